The van der Waals surface area contributed by atoms with Crippen molar-refractivity contribution in [2.24, 2.45) is 0 Å². The van der Waals surface area contributed by atoms with Gasteiger partial charge < -0.3 is 10.2 Å². The number of carbonyl (C=O) groups excluding carboxylic acids is 2. The monoisotopic (exact) mass is 637 g/mol. The quantitative estimate of drug-likeness (QED) is 0.235. The Bertz CT molecular complexity index is 1470. The van der Waals surface area contributed by atoms with Crippen LogP contribution in [0.1, 0.15) is 44.7 Å². The van der Waals surface area contributed by atoms with Gasteiger partial charge in [-0.1, -0.05) is 78.5 Å². The number of carbonyl (C=O) groups is 2. The van der Waals surface area contributed by atoms with E-state index in [-0.39, 0.29) is 39.1 Å². The molecule has 2 amide bonds. The molecule has 0 aliphatic carbocycles. The van der Waals surface area contributed by atoms with Gasteiger partial charge in [0.1, 0.15) is 12.6 Å². The molecule has 2 unspecified atom stereocenters. The summed E-state index contributed by atoms with van der Waals surface area (Å²) >= 11 is 18.4. The lowest BCUT2D eigenvalue weighted by molar-refractivity contribution is -0.140. The fourth-order valence-electron chi connectivity index (χ4n) is 4.15. The van der Waals surface area contributed by atoms with E-state index in [2.05, 4.69) is 5.32 Å². The van der Waals surface area contributed by atoms with E-state index in [9.17, 15) is 18.0 Å². The molecule has 0 saturated heterocycles. The van der Waals surface area contributed by atoms with Gasteiger partial charge in [0.05, 0.1) is 20.6 Å². The van der Waals surface area contributed by atoms with Gasteiger partial charge in [-0.05, 0) is 74.7 Å². The normalized spacial score (nSPS) is 12.9. The van der Waals surface area contributed by atoms with E-state index >= 15 is 0 Å². The first-order valence-corrected chi connectivity index (χ1v) is 15.8. The van der Waals surface area contributed by atoms with Crippen molar-refractivity contribution in [1.82, 2.24) is 10.2 Å². The number of rotatable bonds is 12. The Labute approximate surface area is 257 Å². The van der Waals surface area contributed by atoms with Gasteiger partial charge in [-0.25, -0.2) is 8.42 Å². The van der Waals surface area contributed by atoms with Crippen LogP contribution in [0, 0.1) is 6.92 Å². The summed E-state index contributed by atoms with van der Waals surface area (Å²) in [6.45, 7) is 6.99. The van der Waals surface area contributed by atoms with Gasteiger partial charge in [-0.2, -0.15) is 0 Å². The molecule has 11 heteroatoms. The summed E-state index contributed by atoms with van der Waals surface area (Å²) in [6.07, 6.45) is 1.03. The van der Waals surface area contributed by atoms with Crippen LogP contribution in [0.2, 0.25) is 15.1 Å². The maximum Gasteiger partial charge on any atom is 0.264 e. The fourth-order valence-corrected chi connectivity index (χ4v) is 5.98. The molecule has 1 N–H and O–H groups in total. The minimum absolute atomic E-state index is 0.00720. The first kappa shape index (κ1) is 32.7. The largest absolute Gasteiger partial charge is 0.352 e. The number of hydrogen-bond acceptors (Lipinski definition) is 4. The molecule has 220 valence electrons. The second-order valence-corrected chi connectivity index (χ2v) is 12.9. The van der Waals surface area contributed by atoms with E-state index < -0.39 is 28.5 Å². The zero-order valence-corrected chi connectivity index (χ0v) is 26.5. The van der Waals surface area contributed by atoms with E-state index in [1.807, 2.05) is 27.7 Å². The molecule has 0 aliphatic heterocycles. The summed E-state index contributed by atoms with van der Waals surface area (Å²) in [6, 6.07) is 16.7. The number of aryl methyl sites for hydroxylation is 1. The smallest absolute Gasteiger partial charge is 0.264 e. The van der Waals surface area contributed by atoms with Crippen LogP contribution in [-0.4, -0.2) is 43.8 Å². The topological polar surface area (TPSA) is 86.8 Å². The Kier molecular flexibility index (Phi) is 11.5. The summed E-state index contributed by atoms with van der Waals surface area (Å²) in [4.78, 5) is 28.8. The van der Waals surface area contributed by atoms with Gasteiger partial charge in [0.2, 0.25) is 11.8 Å². The maximum absolute atomic E-state index is 14.1. The van der Waals surface area contributed by atoms with Crippen molar-refractivity contribution >= 4 is 62.3 Å². The standard InChI is InChI=1S/C30H34Cl3N3O4S/c1-5-21(4)34-30(38)28(6-2)35(18-22-9-11-23(31)12-10-22)29(37)19-36(24-13-16-26(32)27(33)17-24)41(39,40)25-14-7-20(3)8-15-25/h7-17,21,28H,5-6,18-19H2,1-4H3,(H,34,38). The van der Waals surface area contributed by atoms with E-state index in [1.54, 1.807) is 36.4 Å². The number of anilines is 1. The lowest BCUT2D eigenvalue weighted by Gasteiger charge is -2.33. The van der Waals surface area contributed by atoms with Crippen LogP contribution in [0.5, 0.6) is 0 Å². The highest BCUT2D eigenvalue weighted by atomic mass is 35.5. The molecule has 0 heterocycles. The summed E-state index contributed by atoms with van der Waals surface area (Å²) in [5.41, 5.74) is 1.78. The SMILES string of the molecule is CCC(C)NC(=O)C(CC)N(Cc1ccc(Cl)cc1)C(=O)CN(c1ccc(Cl)c(Cl)c1)S(=O)(=O)c1ccc(C)cc1. The highest BCUT2D eigenvalue weighted by Gasteiger charge is 2.34. The van der Waals surface area contributed by atoms with E-state index in [4.69, 9.17) is 34.8 Å². The summed E-state index contributed by atoms with van der Waals surface area (Å²) < 4.78 is 28.9. The van der Waals surface area contributed by atoms with Crippen molar-refractivity contribution in [3.8, 4) is 0 Å². The third-order valence-electron chi connectivity index (χ3n) is 6.73. The van der Waals surface area contributed by atoms with E-state index in [1.165, 1.54) is 35.2 Å². The molecule has 0 aromatic heterocycles. The predicted molar refractivity (Wildman–Crippen MR) is 166 cm³/mol. The molecule has 41 heavy (non-hydrogen) atoms. The fraction of sp³-hybridized carbons (Fsp3) is 0.333. The highest BCUT2D eigenvalue weighted by Crippen LogP contribution is 2.31. The molecule has 0 fully saturated rings. The molecule has 0 radical (unpaired) electrons. The third-order valence-corrected chi connectivity index (χ3v) is 9.51. The lowest BCUT2D eigenvalue weighted by atomic mass is 10.1. The molecular weight excluding hydrogens is 605 g/mol. The lowest BCUT2D eigenvalue weighted by Crippen LogP contribution is -2.53. The van der Waals surface area contributed by atoms with Gasteiger partial charge >= 0.3 is 0 Å². The summed E-state index contributed by atoms with van der Waals surface area (Å²) in [5.74, 6) is -0.875. The second-order valence-electron chi connectivity index (χ2n) is 9.81. The Hall–Kier alpha value is -2.78. The van der Waals surface area contributed by atoms with Crippen molar-refractivity contribution in [3.63, 3.8) is 0 Å². The summed E-state index contributed by atoms with van der Waals surface area (Å²) in [7, 11) is -4.22. The summed E-state index contributed by atoms with van der Waals surface area (Å²) in [5, 5.41) is 3.86. The molecule has 0 bridgehead atoms. The van der Waals surface area contributed by atoms with Crippen LogP contribution in [0.15, 0.2) is 71.6 Å². The molecule has 3 rings (SSSR count). The Morgan fingerprint density at radius 3 is 2.07 bits per heavy atom. The van der Waals surface area contributed by atoms with E-state index in [0.29, 0.717) is 17.9 Å². The van der Waals surface area contributed by atoms with Gasteiger partial charge in [0.25, 0.3) is 10.0 Å². The van der Waals surface area contributed by atoms with Crippen LogP contribution in [0.4, 0.5) is 5.69 Å². The zero-order chi connectivity index (χ0) is 30.3. The van der Waals surface area contributed by atoms with Gasteiger partial charge in [-0.3, -0.25) is 13.9 Å². The third kappa shape index (κ3) is 8.38. The number of sulfonamides is 1. The van der Waals surface area contributed by atoms with Crippen LogP contribution in [-0.2, 0) is 26.2 Å². The molecule has 0 spiro atoms. The second kappa shape index (κ2) is 14.4. The Morgan fingerprint density at radius 1 is 0.878 bits per heavy atom. The molecule has 0 saturated carbocycles. The van der Waals surface area contributed by atoms with Crippen LogP contribution in [0.25, 0.3) is 0 Å². The van der Waals surface area contributed by atoms with Crippen molar-refractivity contribution < 1.29 is 18.0 Å². The van der Waals surface area contributed by atoms with Crippen molar-refractivity contribution in [2.45, 2.75) is 64.1 Å². The van der Waals surface area contributed by atoms with Crippen molar-refractivity contribution in [2.75, 3.05) is 10.8 Å². The molecule has 0 aliphatic rings. The van der Waals surface area contributed by atoms with Crippen molar-refractivity contribution in [3.05, 3.63) is 92.9 Å². The molecule has 3 aromatic rings. The molecule has 2 atom stereocenters. The number of halogens is 3. The maximum atomic E-state index is 14.1. The molecule has 3 aromatic carbocycles. The van der Waals surface area contributed by atoms with Crippen LogP contribution >= 0.6 is 34.8 Å². The predicted octanol–water partition coefficient (Wildman–Crippen LogP) is 6.87. The van der Waals surface area contributed by atoms with Gasteiger partial charge in [-0.15, -0.1) is 0 Å². The first-order valence-electron chi connectivity index (χ1n) is 13.3. The first-order chi connectivity index (χ1) is 19.4. The van der Waals surface area contributed by atoms with Gasteiger partial charge in [0.15, 0.2) is 0 Å². The minimum Gasteiger partial charge on any atom is -0.352 e. The van der Waals surface area contributed by atoms with Gasteiger partial charge in [0, 0.05) is 17.6 Å². The minimum atomic E-state index is -4.22. The van der Waals surface area contributed by atoms with Crippen molar-refractivity contribution in [1.29, 1.82) is 0 Å². The average molecular weight is 639 g/mol. The average Bonchev–Trinajstić information content (AvgIpc) is 2.94. The molecular formula is C30H34Cl3N3O4S. The molecule has 7 nitrogen and oxygen atoms in total. The Morgan fingerprint density at radius 2 is 1.51 bits per heavy atom. The Balaban J connectivity index is 2.08. The number of nitrogens with one attached hydrogen (secondary N) is 1. The highest BCUT2D eigenvalue weighted by molar-refractivity contribution is 7.92. The zero-order valence-electron chi connectivity index (χ0n) is 23.4. The number of hydrogen-bond donors (Lipinski definition) is 1. The van der Waals surface area contributed by atoms with E-state index in [0.717, 1.165) is 15.4 Å². The number of nitrogens with zero attached hydrogens (tertiary/aromatic N) is 2. The number of amides is 2. The number of benzene rings is 3. The van der Waals surface area contributed by atoms with Crippen LogP contribution < -0.4 is 9.62 Å². The van der Waals surface area contributed by atoms with Crippen LogP contribution in [0.3, 0.4) is 0 Å².